The number of terminal acetylenes is 3. The van der Waals surface area contributed by atoms with Crippen molar-refractivity contribution >= 4 is 80.8 Å². The van der Waals surface area contributed by atoms with Gasteiger partial charge in [0.25, 0.3) is 0 Å². The number of rotatable bonds is 35. The number of hydrogen-bond donors (Lipinski definition) is 6. The van der Waals surface area contributed by atoms with E-state index < -0.39 is 108 Å². The van der Waals surface area contributed by atoms with Crippen LogP contribution in [-0.4, -0.2) is 159 Å². The van der Waals surface area contributed by atoms with E-state index in [1.165, 1.54) is 39.1 Å². The normalized spacial score (nSPS) is 21.7. The molecule has 0 aliphatic carbocycles. The van der Waals surface area contributed by atoms with E-state index in [4.69, 9.17) is 74.7 Å². The van der Waals surface area contributed by atoms with Gasteiger partial charge in [0.15, 0.2) is 56.5 Å². The van der Waals surface area contributed by atoms with E-state index in [2.05, 4.69) is 97.2 Å². The second-order valence-corrected chi connectivity index (χ2v) is 25.5. The first-order chi connectivity index (χ1) is 49.9. The first-order valence-corrected chi connectivity index (χ1v) is 35.6. The van der Waals surface area contributed by atoms with Crippen molar-refractivity contribution in [3.63, 3.8) is 0 Å². The van der Waals surface area contributed by atoms with Gasteiger partial charge >= 0.3 is 48.1 Å². The summed E-state index contributed by atoms with van der Waals surface area (Å²) < 4.78 is 85.9. The number of carboxylic acids is 1. The molecule has 0 unspecified atom stereocenters. The van der Waals surface area contributed by atoms with Crippen molar-refractivity contribution in [2.45, 2.75) is 268 Å². The fraction of sp³-hybridized carbons (Fsp3) is 0.634. The number of aliphatic hydroxyl groups excluding tert-OH is 2. The van der Waals surface area contributed by atoms with Crippen LogP contribution in [0.1, 0.15) is 233 Å². The van der Waals surface area contributed by atoms with Crippen LogP contribution in [0.3, 0.4) is 0 Å². The first kappa shape index (κ1) is 83.6. The number of nitrogens with zero attached hydrogens (tertiary/aromatic N) is 12. The van der Waals surface area contributed by atoms with Crippen LogP contribution in [-0.2, 0) is 57.1 Å². The minimum atomic E-state index is -1.53. The zero-order valence-electron chi connectivity index (χ0n) is 59.8. The molecule has 6 aromatic heterocycles. The average Bonchev–Trinajstić information content (AvgIpc) is 1.62. The molecule has 568 valence electrons. The summed E-state index contributed by atoms with van der Waals surface area (Å²) in [7, 11) is 0. The number of aliphatic carboxylic acids is 1. The number of aliphatic hydroxyl groups is 2. The topological polar surface area (TPSA) is 420 Å². The molecular weight excluding hydrogens is 1360 g/mol. The number of nitrogens with two attached hydrogens (primary N) is 3. The maximum atomic E-state index is 13.9. The van der Waals surface area contributed by atoms with Crippen molar-refractivity contribution in [1.82, 2.24) is 58.6 Å². The van der Waals surface area contributed by atoms with Gasteiger partial charge in [-0.25, -0.2) is 15.0 Å². The Labute approximate surface area is 602 Å². The number of nitrogen functional groups attached to an aromatic ring is 3. The third-order valence-corrected chi connectivity index (χ3v) is 17.7. The van der Waals surface area contributed by atoms with Crippen LogP contribution >= 0.6 is 0 Å². The van der Waals surface area contributed by atoms with Crippen LogP contribution in [0.2, 0.25) is 0 Å². The molecule has 0 aromatic carbocycles. The van der Waals surface area contributed by atoms with Gasteiger partial charge < -0.3 is 65.7 Å². The molecule has 0 spiro atoms. The van der Waals surface area contributed by atoms with Gasteiger partial charge in [0.1, 0.15) is 50.2 Å². The molecule has 9 rings (SSSR count). The molecule has 0 amide bonds. The van der Waals surface area contributed by atoms with Crippen molar-refractivity contribution in [3.8, 4) is 37.0 Å². The maximum Gasteiger partial charge on any atom is 0.312 e. The Morgan fingerprint density at radius 2 is 0.779 bits per heavy atom. The Bertz CT molecular complexity index is 3760. The van der Waals surface area contributed by atoms with Gasteiger partial charge in [-0.3, -0.25) is 37.7 Å². The number of ether oxygens (including phenoxy) is 7. The van der Waals surface area contributed by atoms with E-state index in [0.29, 0.717) is 32.1 Å². The lowest BCUT2D eigenvalue weighted by molar-refractivity contribution is -0.168. The van der Waals surface area contributed by atoms with Gasteiger partial charge in [-0.2, -0.15) is 43.1 Å². The molecule has 6 aromatic rings. The molecular formula is C71H98F3N15O15. The van der Waals surface area contributed by atoms with Crippen LogP contribution in [0, 0.1) is 55.3 Å². The third-order valence-electron chi connectivity index (χ3n) is 17.7. The standard InChI is InChI=1S/2C26H36FN5O5.C12H12FN5O3.C7H14O2/c2*1-4-7-9-11-13-20(33)35-16-26(6-3)18(36-21(34)14-12-10-8-5-2)15-19(37-26)32-17-29-22-23(28)30-25(27)31-24(22)32;1-2-12(4-19)6(20)3-7(21-12)18-5-15-8-9(14)16-11(13)17-10(8)18;1-2-3-4-5-6-7(8)9/h2*3,17-19H,4-5,7-16H2,1-2H3,(H2,28,30,31);1,5-7,19-20H,3-4H2,(H2,14,16,17);2-6H2,1H3,(H,8,9)/t2*18-,19+,26+;6-,7+,12+;/m000./s1. The van der Waals surface area contributed by atoms with Crippen LogP contribution in [0.4, 0.5) is 30.6 Å². The van der Waals surface area contributed by atoms with Crippen LogP contribution in [0.25, 0.3) is 33.5 Å². The highest BCUT2D eigenvalue weighted by Crippen LogP contribution is 2.43. The lowest BCUT2D eigenvalue weighted by Crippen LogP contribution is -2.45. The summed E-state index contributed by atoms with van der Waals surface area (Å²) in [5.41, 5.74) is 13.5. The molecule has 0 saturated carbocycles. The maximum absolute atomic E-state index is 13.9. The molecule has 0 bridgehead atoms. The summed E-state index contributed by atoms with van der Waals surface area (Å²) in [6, 6.07) is 0. The van der Waals surface area contributed by atoms with Gasteiger partial charge in [-0.15, -0.1) is 19.3 Å². The first-order valence-electron chi connectivity index (χ1n) is 35.6. The average molecular weight is 1460 g/mol. The molecule has 9 N–H and O–H groups in total. The zero-order valence-corrected chi connectivity index (χ0v) is 59.8. The number of aromatic nitrogens is 12. The van der Waals surface area contributed by atoms with Crippen molar-refractivity contribution in [2.75, 3.05) is 37.0 Å². The number of anilines is 3. The monoisotopic (exact) mass is 1460 g/mol. The number of carboxylic acid groups (broad SMARTS) is 1. The van der Waals surface area contributed by atoms with Gasteiger partial charge in [-0.1, -0.05) is 149 Å². The lowest BCUT2D eigenvalue weighted by Gasteiger charge is -2.28. The smallest absolute Gasteiger partial charge is 0.312 e. The second-order valence-electron chi connectivity index (χ2n) is 25.5. The molecule has 9 atom stereocenters. The Balaban J connectivity index is 0.000000238. The number of hydrogen-bond acceptors (Lipinski definition) is 26. The van der Waals surface area contributed by atoms with E-state index in [0.717, 1.165) is 96.3 Å². The van der Waals surface area contributed by atoms with Gasteiger partial charge in [0.05, 0.1) is 25.6 Å². The van der Waals surface area contributed by atoms with Crippen molar-refractivity contribution < 1.29 is 85.6 Å². The largest absolute Gasteiger partial charge is 0.481 e. The summed E-state index contributed by atoms with van der Waals surface area (Å²) in [5, 5.41) is 27.6. The number of carbonyl (C=O) groups is 5. The van der Waals surface area contributed by atoms with Crippen molar-refractivity contribution in [2.24, 2.45) is 0 Å². The molecule has 3 aliphatic rings. The third kappa shape index (κ3) is 22.8. The number of esters is 4. The highest BCUT2D eigenvalue weighted by atomic mass is 19.1. The van der Waals surface area contributed by atoms with E-state index in [9.17, 15) is 47.4 Å². The number of fused-ring (bicyclic) bond motifs is 3. The molecule has 3 aliphatic heterocycles. The summed E-state index contributed by atoms with van der Waals surface area (Å²) in [4.78, 5) is 93.9. The summed E-state index contributed by atoms with van der Waals surface area (Å²) in [5.74, 6) is 4.74. The molecule has 9 heterocycles. The Kier molecular flexibility index (Phi) is 33.2. The summed E-state index contributed by atoms with van der Waals surface area (Å²) in [6.07, 6.45) is 33.6. The predicted octanol–water partition coefficient (Wildman–Crippen LogP) is 9.70. The van der Waals surface area contributed by atoms with Gasteiger partial charge in [0.2, 0.25) is 11.2 Å². The van der Waals surface area contributed by atoms with Crippen LogP contribution in [0.5, 0.6) is 0 Å². The summed E-state index contributed by atoms with van der Waals surface area (Å²) >= 11 is 0. The highest BCUT2D eigenvalue weighted by molar-refractivity contribution is 5.83. The second kappa shape index (κ2) is 41.2. The fourth-order valence-corrected chi connectivity index (χ4v) is 11.7. The number of carbonyl (C=O) groups excluding carboxylic acids is 4. The minimum Gasteiger partial charge on any atom is -0.481 e. The SMILES string of the molecule is C#C[C@]1(CO)O[C@@H](n2cnc3c(N)nc(F)nc32)C[C@@H]1O.C#C[C@]1(COC(=O)CCCCCC)O[C@@H](n2cnc3c(N)nc(F)nc32)C[C@@H]1OC(=O)CCCCCC.C#C[C@]1(COC(=O)CCCCCC)O[C@@H](n2cnc3c(N)nc(F)nc32)C[C@@H]1OC(=O)CCCCCC.CCCCCCC(=O)O. The summed E-state index contributed by atoms with van der Waals surface area (Å²) in [6.45, 7) is 9.34. The van der Waals surface area contributed by atoms with Gasteiger partial charge in [-0.05, 0) is 32.1 Å². The Morgan fingerprint density at radius 3 is 1.07 bits per heavy atom. The van der Waals surface area contributed by atoms with Crippen LogP contribution < -0.4 is 17.2 Å². The minimum absolute atomic E-state index is 0.0971. The number of halogens is 3. The Morgan fingerprint density at radius 1 is 0.481 bits per heavy atom. The lowest BCUT2D eigenvalue weighted by atomic mass is 9.98. The molecule has 30 nitrogen and oxygen atoms in total. The van der Waals surface area contributed by atoms with E-state index >= 15 is 0 Å². The quantitative estimate of drug-likeness (QED) is 0.00708. The van der Waals surface area contributed by atoms with Crippen LogP contribution in [0.15, 0.2) is 19.0 Å². The molecule has 3 saturated heterocycles. The van der Waals surface area contributed by atoms with E-state index in [-0.39, 0.29) is 109 Å². The van der Waals surface area contributed by atoms with Crippen molar-refractivity contribution in [3.05, 3.63) is 37.2 Å². The predicted molar refractivity (Wildman–Crippen MR) is 374 cm³/mol. The van der Waals surface area contributed by atoms with E-state index in [1.807, 2.05) is 0 Å². The molecule has 33 heteroatoms. The van der Waals surface area contributed by atoms with Gasteiger partial charge in [0, 0.05) is 51.4 Å². The number of unbranched alkanes of at least 4 members (excludes halogenated alkanes) is 15. The number of imidazole rings is 3. The highest BCUT2D eigenvalue weighted by Gasteiger charge is 2.54. The van der Waals surface area contributed by atoms with Crippen molar-refractivity contribution in [1.29, 1.82) is 0 Å². The molecule has 3 fully saturated rings. The fourth-order valence-electron chi connectivity index (χ4n) is 11.7. The molecule has 104 heavy (non-hydrogen) atoms. The zero-order chi connectivity index (χ0) is 76.0. The Hall–Kier alpha value is -9.33. The molecule has 0 radical (unpaired) electrons. The van der Waals surface area contributed by atoms with E-state index in [1.54, 1.807) is 0 Å².